The van der Waals surface area contributed by atoms with E-state index in [-0.39, 0.29) is 17.7 Å². The zero-order valence-electron chi connectivity index (χ0n) is 11.0. The van der Waals surface area contributed by atoms with Gasteiger partial charge in [-0.3, -0.25) is 9.78 Å². The largest absolute Gasteiger partial charge is 0.505 e. The van der Waals surface area contributed by atoms with Crippen LogP contribution in [0.25, 0.3) is 0 Å². The van der Waals surface area contributed by atoms with Gasteiger partial charge in [0, 0.05) is 31.4 Å². The van der Waals surface area contributed by atoms with E-state index >= 15 is 0 Å². The molecule has 2 atom stereocenters. The Morgan fingerprint density at radius 1 is 1.42 bits per heavy atom. The fraction of sp³-hybridized carbons (Fsp3) is 0.571. The number of aromatic nitrogens is 1. The smallest absolute Gasteiger partial charge is 0.257 e. The molecule has 0 aliphatic carbocycles. The summed E-state index contributed by atoms with van der Waals surface area (Å²) in [5.74, 6) is -0.164. The maximum Gasteiger partial charge on any atom is 0.257 e. The number of amides is 1. The average molecular weight is 261 g/mol. The summed E-state index contributed by atoms with van der Waals surface area (Å²) in [6, 6.07) is 2.93. The number of piperidine rings is 1. The van der Waals surface area contributed by atoms with Crippen LogP contribution in [-0.4, -0.2) is 46.1 Å². The van der Waals surface area contributed by atoms with Gasteiger partial charge in [0.25, 0.3) is 5.91 Å². The molecule has 2 fully saturated rings. The molecule has 1 aromatic rings. The second-order valence-corrected chi connectivity index (χ2v) is 5.57. The summed E-state index contributed by atoms with van der Waals surface area (Å²) in [7, 11) is 1.83. The first-order chi connectivity index (χ1) is 9.15. The van der Waals surface area contributed by atoms with Crippen LogP contribution in [-0.2, 0) is 0 Å². The predicted molar refractivity (Wildman–Crippen MR) is 71.0 cm³/mol. The minimum atomic E-state index is -0.119. The van der Waals surface area contributed by atoms with Gasteiger partial charge in [-0.2, -0.15) is 0 Å². The van der Waals surface area contributed by atoms with E-state index in [0.29, 0.717) is 17.6 Å². The molecule has 1 aromatic heterocycles. The van der Waals surface area contributed by atoms with Crippen LogP contribution >= 0.6 is 0 Å². The van der Waals surface area contributed by atoms with E-state index in [0.717, 1.165) is 12.8 Å². The molecule has 0 saturated carbocycles. The van der Waals surface area contributed by atoms with Gasteiger partial charge in [-0.15, -0.1) is 0 Å². The van der Waals surface area contributed by atoms with E-state index < -0.39 is 0 Å². The van der Waals surface area contributed by atoms with Crippen LogP contribution in [0.4, 0.5) is 0 Å². The van der Waals surface area contributed by atoms with Gasteiger partial charge in [0.1, 0.15) is 5.75 Å². The molecular weight excluding hydrogens is 242 g/mol. The van der Waals surface area contributed by atoms with E-state index in [9.17, 15) is 9.90 Å². The Labute approximate surface area is 112 Å². The monoisotopic (exact) mass is 261 g/mol. The van der Waals surface area contributed by atoms with Crippen LogP contribution in [0.15, 0.2) is 18.5 Å². The molecule has 5 heteroatoms. The van der Waals surface area contributed by atoms with Crippen LogP contribution < -0.4 is 5.32 Å². The van der Waals surface area contributed by atoms with Crippen molar-refractivity contribution in [3.63, 3.8) is 0 Å². The number of nitrogens with zero attached hydrogens (tertiary/aromatic N) is 2. The number of hydrogen-bond acceptors (Lipinski definition) is 4. The van der Waals surface area contributed by atoms with Gasteiger partial charge in [0.2, 0.25) is 0 Å². The summed E-state index contributed by atoms with van der Waals surface area (Å²) in [5.41, 5.74) is 0.336. The van der Waals surface area contributed by atoms with E-state index in [1.54, 1.807) is 11.0 Å². The molecule has 2 saturated heterocycles. The molecular formula is C14H19N3O2. The van der Waals surface area contributed by atoms with E-state index in [2.05, 4.69) is 10.3 Å². The number of hydrogen-bond donors (Lipinski definition) is 2. The summed E-state index contributed by atoms with van der Waals surface area (Å²) in [5, 5.41) is 13.3. The number of carbonyl (C=O) groups excluding carboxylic acids is 1. The molecule has 102 valence electrons. The Morgan fingerprint density at radius 3 is 2.74 bits per heavy atom. The van der Waals surface area contributed by atoms with Crippen molar-refractivity contribution >= 4 is 5.91 Å². The highest BCUT2D eigenvalue weighted by Gasteiger charge is 2.36. The molecule has 3 rings (SSSR count). The summed E-state index contributed by atoms with van der Waals surface area (Å²) in [4.78, 5) is 18.0. The predicted octanol–water partition coefficient (Wildman–Crippen LogP) is 1.14. The molecule has 19 heavy (non-hydrogen) atoms. The first-order valence-electron chi connectivity index (χ1n) is 6.81. The minimum Gasteiger partial charge on any atom is -0.505 e. The van der Waals surface area contributed by atoms with Crippen molar-refractivity contribution in [2.24, 2.45) is 0 Å². The maximum atomic E-state index is 12.4. The zero-order valence-corrected chi connectivity index (χ0v) is 11.0. The summed E-state index contributed by atoms with van der Waals surface area (Å²) < 4.78 is 0. The number of pyridine rings is 1. The lowest BCUT2D eigenvalue weighted by Gasteiger charge is -2.35. The van der Waals surface area contributed by atoms with Crippen molar-refractivity contribution in [3.05, 3.63) is 24.0 Å². The Balaban J connectivity index is 1.75. The number of fused-ring (bicyclic) bond motifs is 2. The molecule has 2 aliphatic heterocycles. The summed E-state index contributed by atoms with van der Waals surface area (Å²) in [6.45, 7) is 0. The minimum absolute atomic E-state index is 0.0451. The number of rotatable bonds is 2. The van der Waals surface area contributed by atoms with Crippen molar-refractivity contribution in [1.29, 1.82) is 0 Å². The van der Waals surface area contributed by atoms with Crippen molar-refractivity contribution < 1.29 is 9.90 Å². The molecule has 0 radical (unpaired) electrons. The van der Waals surface area contributed by atoms with E-state index in [1.807, 2.05) is 7.05 Å². The van der Waals surface area contributed by atoms with Crippen LogP contribution in [0.5, 0.6) is 5.75 Å². The van der Waals surface area contributed by atoms with Crippen molar-refractivity contribution in [2.45, 2.75) is 43.8 Å². The molecule has 0 spiro atoms. The van der Waals surface area contributed by atoms with Crippen molar-refractivity contribution in [3.8, 4) is 5.75 Å². The van der Waals surface area contributed by atoms with Gasteiger partial charge in [0.05, 0.1) is 11.8 Å². The van der Waals surface area contributed by atoms with Gasteiger partial charge in [0.15, 0.2) is 0 Å². The third-order valence-electron chi connectivity index (χ3n) is 4.35. The highest BCUT2D eigenvalue weighted by Crippen LogP contribution is 2.30. The lowest BCUT2D eigenvalue weighted by molar-refractivity contribution is 0.0678. The SMILES string of the molecule is CN(C(=O)c1ccncc1O)C1CC2CCC(C1)N2. The summed E-state index contributed by atoms with van der Waals surface area (Å²) in [6.07, 6.45) is 7.28. The molecule has 2 bridgehead atoms. The van der Waals surface area contributed by atoms with Crippen molar-refractivity contribution in [2.75, 3.05) is 7.05 Å². The van der Waals surface area contributed by atoms with Crippen LogP contribution in [0, 0.1) is 0 Å². The Kier molecular flexibility index (Phi) is 3.14. The molecule has 0 aromatic carbocycles. The van der Waals surface area contributed by atoms with Gasteiger partial charge in [-0.05, 0) is 31.7 Å². The molecule has 5 nitrogen and oxygen atoms in total. The van der Waals surface area contributed by atoms with Gasteiger partial charge < -0.3 is 15.3 Å². The Morgan fingerprint density at radius 2 is 2.11 bits per heavy atom. The molecule has 1 amide bonds. The van der Waals surface area contributed by atoms with Gasteiger partial charge in [-0.1, -0.05) is 0 Å². The maximum absolute atomic E-state index is 12.4. The van der Waals surface area contributed by atoms with Gasteiger partial charge >= 0.3 is 0 Å². The lowest BCUT2D eigenvalue weighted by Crippen LogP contribution is -2.48. The number of aromatic hydroxyl groups is 1. The third-order valence-corrected chi connectivity index (χ3v) is 4.35. The zero-order chi connectivity index (χ0) is 13.4. The lowest BCUT2D eigenvalue weighted by atomic mass is 9.98. The quantitative estimate of drug-likeness (QED) is 0.838. The van der Waals surface area contributed by atoms with Gasteiger partial charge in [-0.25, -0.2) is 0 Å². The number of nitrogens with one attached hydrogen (secondary N) is 1. The van der Waals surface area contributed by atoms with Crippen LogP contribution in [0.1, 0.15) is 36.0 Å². The second kappa shape index (κ2) is 4.81. The average Bonchev–Trinajstić information content (AvgIpc) is 2.76. The first kappa shape index (κ1) is 12.4. The fourth-order valence-electron chi connectivity index (χ4n) is 3.27. The highest BCUT2D eigenvalue weighted by molar-refractivity contribution is 5.96. The molecule has 2 N–H and O–H groups in total. The third kappa shape index (κ3) is 2.30. The van der Waals surface area contributed by atoms with E-state index in [1.165, 1.54) is 25.2 Å². The standard InChI is InChI=1S/C14H19N3O2/c1-17(11-6-9-2-3-10(7-11)16-9)14(19)12-4-5-15-8-13(12)18/h4-5,8-11,16,18H,2-3,6-7H2,1H3. The molecule has 2 aliphatic rings. The molecule has 2 unspecified atom stereocenters. The molecule has 3 heterocycles. The Hall–Kier alpha value is -1.62. The van der Waals surface area contributed by atoms with E-state index in [4.69, 9.17) is 0 Å². The second-order valence-electron chi connectivity index (χ2n) is 5.57. The highest BCUT2D eigenvalue weighted by atomic mass is 16.3. The topological polar surface area (TPSA) is 65.5 Å². The fourth-order valence-corrected chi connectivity index (χ4v) is 3.27. The Bertz CT molecular complexity index is 479. The van der Waals surface area contributed by atoms with Crippen LogP contribution in [0.2, 0.25) is 0 Å². The normalized spacial score (nSPS) is 29.2. The summed E-state index contributed by atoms with van der Waals surface area (Å²) >= 11 is 0. The van der Waals surface area contributed by atoms with Crippen molar-refractivity contribution in [1.82, 2.24) is 15.2 Å². The first-order valence-corrected chi connectivity index (χ1v) is 6.81. The number of carbonyl (C=O) groups is 1. The van der Waals surface area contributed by atoms with Crippen LogP contribution in [0.3, 0.4) is 0 Å².